The molecule has 0 amide bonds. The van der Waals surface area contributed by atoms with E-state index in [9.17, 15) is 13.6 Å². The van der Waals surface area contributed by atoms with Gasteiger partial charge < -0.3 is 9.26 Å². The molecule has 3 rings (SSSR count). The summed E-state index contributed by atoms with van der Waals surface area (Å²) in [7, 11) is 0. The molecule has 0 bridgehead atoms. The maximum absolute atomic E-state index is 13.7. The molecule has 0 aliphatic rings. The average Bonchev–Trinajstić information content (AvgIpc) is 2.97. The molecule has 4 nitrogen and oxygen atoms in total. The minimum Gasteiger partial charge on any atom is -0.486 e. The van der Waals surface area contributed by atoms with E-state index in [1.807, 2.05) is 18.2 Å². The zero-order valence-corrected chi connectivity index (χ0v) is 14.0. The van der Waals surface area contributed by atoms with Crippen LogP contribution in [0.2, 0.25) is 0 Å². The first-order valence-corrected chi connectivity index (χ1v) is 8.16. The Labute approximate surface area is 146 Å². The maximum atomic E-state index is 13.7. The van der Waals surface area contributed by atoms with Crippen LogP contribution in [0.5, 0.6) is 5.75 Å². The van der Waals surface area contributed by atoms with Crippen molar-refractivity contribution in [2.24, 2.45) is 0 Å². The average molecular weight is 361 g/mol. The first-order chi connectivity index (χ1) is 12.0. The normalized spacial score (nSPS) is 10.7. The van der Waals surface area contributed by atoms with Gasteiger partial charge in [0.1, 0.15) is 24.0 Å². The fourth-order valence-corrected chi connectivity index (χ4v) is 3.01. The first-order valence-electron chi connectivity index (χ1n) is 7.35. The molecule has 1 heterocycles. The summed E-state index contributed by atoms with van der Waals surface area (Å²) in [5, 5.41) is 3.34. The van der Waals surface area contributed by atoms with Gasteiger partial charge in [-0.05, 0) is 43.0 Å². The summed E-state index contributed by atoms with van der Waals surface area (Å²) < 4.78 is 37.4. The third-order valence-electron chi connectivity index (χ3n) is 3.35. The van der Waals surface area contributed by atoms with Crippen LogP contribution in [0.1, 0.15) is 21.8 Å². The van der Waals surface area contributed by atoms with E-state index in [1.54, 1.807) is 19.1 Å². The van der Waals surface area contributed by atoms with Gasteiger partial charge in [-0.3, -0.25) is 4.79 Å². The minimum absolute atomic E-state index is 0.0123. The number of benzene rings is 2. The van der Waals surface area contributed by atoms with Gasteiger partial charge in [0.05, 0.1) is 16.2 Å². The van der Waals surface area contributed by atoms with Crippen LogP contribution in [0, 0.1) is 18.6 Å². The molecular weight excluding hydrogens is 348 g/mol. The van der Waals surface area contributed by atoms with E-state index in [0.717, 1.165) is 12.1 Å². The van der Waals surface area contributed by atoms with Gasteiger partial charge in [-0.25, -0.2) is 8.78 Å². The molecule has 0 unspecified atom stereocenters. The number of aryl methyl sites for hydroxylation is 1. The Bertz CT molecular complexity index is 897. The monoisotopic (exact) mass is 361 g/mol. The molecule has 0 saturated heterocycles. The Balaban J connectivity index is 1.77. The van der Waals surface area contributed by atoms with Crippen LogP contribution in [0.25, 0.3) is 0 Å². The zero-order valence-electron chi connectivity index (χ0n) is 13.2. The molecule has 2 aromatic carbocycles. The SMILES string of the molecule is Cc1noc(COc2ccccc2)c1C(=O)Sc1ccc(F)cc1F. The van der Waals surface area contributed by atoms with Crippen molar-refractivity contribution in [1.29, 1.82) is 0 Å². The Morgan fingerprint density at radius 1 is 1.20 bits per heavy atom. The minimum atomic E-state index is -0.797. The van der Waals surface area contributed by atoms with Crippen molar-refractivity contribution >= 4 is 16.9 Å². The van der Waals surface area contributed by atoms with E-state index in [4.69, 9.17) is 9.26 Å². The smallest absolute Gasteiger partial charge is 0.229 e. The molecule has 0 N–H and O–H groups in total. The number of para-hydroxylation sites is 1. The molecule has 25 heavy (non-hydrogen) atoms. The van der Waals surface area contributed by atoms with Crippen molar-refractivity contribution in [1.82, 2.24) is 5.16 Å². The first kappa shape index (κ1) is 17.2. The summed E-state index contributed by atoms with van der Waals surface area (Å²) in [6, 6.07) is 12.1. The Morgan fingerprint density at radius 3 is 2.68 bits per heavy atom. The second kappa shape index (κ2) is 7.48. The molecule has 128 valence electrons. The Kier molecular flexibility index (Phi) is 5.14. The van der Waals surface area contributed by atoms with Crippen LogP contribution in [-0.4, -0.2) is 10.3 Å². The van der Waals surface area contributed by atoms with Gasteiger partial charge in [0.15, 0.2) is 5.76 Å². The summed E-state index contributed by atoms with van der Waals surface area (Å²) in [5.74, 6) is -0.629. The summed E-state index contributed by atoms with van der Waals surface area (Å²) >= 11 is 0.651. The van der Waals surface area contributed by atoms with E-state index in [1.165, 1.54) is 6.07 Å². The van der Waals surface area contributed by atoms with Crippen molar-refractivity contribution in [3.63, 3.8) is 0 Å². The number of rotatable bonds is 5. The van der Waals surface area contributed by atoms with E-state index < -0.39 is 16.7 Å². The van der Waals surface area contributed by atoms with Crippen LogP contribution >= 0.6 is 11.8 Å². The lowest BCUT2D eigenvalue weighted by molar-refractivity contribution is 0.108. The van der Waals surface area contributed by atoms with E-state index >= 15 is 0 Å². The fourth-order valence-electron chi connectivity index (χ4n) is 2.15. The van der Waals surface area contributed by atoms with Crippen LogP contribution < -0.4 is 4.74 Å². The maximum Gasteiger partial charge on any atom is 0.229 e. The predicted octanol–water partition coefficient (Wildman–Crippen LogP) is 4.77. The fraction of sp³-hybridized carbons (Fsp3) is 0.111. The molecule has 0 radical (unpaired) electrons. The van der Waals surface area contributed by atoms with Crippen LogP contribution in [0.4, 0.5) is 8.78 Å². The van der Waals surface area contributed by atoms with Gasteiger partial charge in [0, 0.05) is 6.07 Å². The number of aromatic nitrogens is 1. The number of carbonyl (C=O) groups is 1. The van der Waals surface area contributed by atoms with Crippen LogP contribution in [0.15, 0.2) is 57.9 Å². The Hall–Kier alpha value is -2.67. The third-order valence-corrected chi connectivity index (χ3v) is 4.29. The number of hydrogen-bond donors (Lipinski definition) is 0. The largest absolute Gasteiger partial charge is 0.486 e. The highest BCUT2D eigenvalue weighted by Gasteiger charge is 2.23. The lowest BCUT2D eigenvalue weighted by Gasteiger charge is -2.06. The second-order valence-electron chi connectivity index (χ2n) is 5.13. The topological polar surface area (TPSA) is 52.3 Å². The molecule has 1 aromatic heterocycles. The molecule has 7 heteroatoms. The molecule has 0 aliphatic heterocycles. The van der Waals surface area contributed by atoms with Gasteiger partial charge in [0.25, 0.3) is 0 Å². The van der Waals surface area contributed by atoms with Gasteiger partial charge in [-0.1, -0.05) is 23.4 Å². The Morgan fingerprint density at radius 2 is 1.96 bits per heavy atom. The number of carbonyl (C=O) groups excluding carboxylic acids is 1. The molecular formula is C18H13F2NO3S. The summed E-state index contributed by atoms with van der Waals surface area (Å²) in [6.07, 6.45) is 0. The summed E-state index contributed by atoms with van der Waals surface area (Å²) in [6.45, 7) is 1.63. The van der Waals surface area contributed by atoms with E-state index in [2.05, 4.69) is 5.16 Å². The number of hydrogen-bond acceptors (Lipinski definition) is 5. The van der Waals surface area contributed by atoms with Gasteiger partial charge >= 0.3 is 0 Å². The number of nitrogens with zero attached hydrogens (tertiary/aromatic N) is 1. The number of halogens is 2. The van der Waals surface area contributed by atoms with Crippen LogP contribution in [0.3, 0.4) is 0 Å². The standard InChI is InChI=1S/C18H13F2NO3S/c1-11-17(18(22)25-16-8-7-12(19)9-14(16)20)15(24-21-11)10-23-13-5-3-2-4-6-13/h2-9H,10H2,1H3. The molecule has 3 aromatic rings. The van der Waals surface area contributed by atoms with Crippen molar-refractivity contribution in [3.8, 4) is 5.75 Å². The summed E-state index contributed by atoms with van der Waals surface area (Å²) in [5.41, 5.74) is 0.608. The lowest BCUT2D eigenvalue weighted by Crippen LogP contribution is -2.03. The van der Waals surface area contributed by atoms with Gasteiger partial charge in [-0.15, -0.1) is 0 Å². The summed E-state index contributed by atoms with van der Waals surface area (Å²) in [4.78, 5) is 12.5. The third kappa shape index (κ3) is 4.06. The van der Waals surface area contributed by atoms with Gasteiger partial charge in [0.2, 0.25) is 5.12 Å². The van der Waals surface area contributed by atoms with Crippen molar-refractivity contribution in [2.75, 3.05) is 0 Å². The highest BCUT2D eigenvalue weighted by Crippen LogP contribution is 2.29. The number of ether oxygens (including phenoxy) is 1. The van der Waals surface area contributed by atoms with Gasteiger partial charge in [-0.2, -0.15) is 0 Å². The quantitative estimate of drug-likeness (QED) is 0.613. The van der Waals surface area contributed by atoms with Crippen molar-refractivity contribution < 1.29 is 22.8 Å². The highest BCUT2D eigenvalue weighted by atomic mass is 32.2. The molecule has 0 spiro atoms. The molecule has 0 atom stereocenters. The van der Waals surface area contributed by atoms with E-state index in [-0.39, 0.29) is 22.8 Å². The molecule has 0 aliphatic carbocycles. The second-order valence-corrected chi connectivity index (χ2v) is 6.15. The zero-order chi connectivity index (χ0) is 17.8. The molecule has 0 saturated carbocycles. The van der Waals surface area contributed by atoms with Crippen molar-refractivity contribution in [2.45, 2.75) is 18.4 Å². The van der Waals surface area contributed by atoms with E-state index in [0.29, 0.717) is 23.2 Å². The van der Waals surface area contributed by atoms with Crippen LogP contribution in [-0.2, 0) is 6.61 Å². The molecule has 0 fully saturated rings. The lowest BCUT2D eigenvalue weighted by atomic mass is 10.2. The number of thioether (sulfide) groups is 1. The predicted molar refractivity (Wildman–Crippen MR) is 88.6 cm³/mol. The highest BCUT2D eigenvalue weighted by molar-refractivity contribution is 8.14. The van der Waals surface area contributed by atoms with Crippen molar-refractivity contribution in [3.05, 3.63) is 77.2 Å².